The molecule has 0 aromatic heterocycles. The van der Waals surface area contributed by atoms with Crippen LogP contribution in [0.15, 0.2) is 36.4 Å². The molecule has 104 valence electrons. The zero-order chi connectivity index (χ0) is 14.3. The number of benzene rings is 2. The Morgan fingerprint density at radius 2 is 1.90 bits per heavy atom. The Balaban J connectivity index is 1.98. The molecule has 20 heavy (non-hydrogen) atoms. The average molecular weight is 277 g/mol. The maximum atomic E-state index is 13.3. The van der Waals surface area contributed by atoms with E-state index in [2.05, 4.69) is 0 Å². The molecule has 1 heterocycles. The lowest BCUT2D eigenvalue weighted by Gasteiger charge is -2.30. The van der Waals surface area contributed by atoms with Crippen LogP contribution in [0.5, 0.6) is 11.5 Å². The summed E-state index contributed by atoms with van der Waals surface area (Å²) in [6.07, 6.45) is -0.0810. The van der Waals surface area contributed by atoms with Crippen molar-refractivity contribution in [2.75, 3.05) is 0 Å². The standard InChI is InChI=1S/C15H13F2NO2/c16-9-1-2-12-13(18)7-14(20-15(12)6-9)8-3-10(17)5-11(19)4-8/h1-6,13-14,19H,7,18H2. The van der Waals surface area contributed by atoms with Crippen molar-refractivity contribution in [3.8, 4) is 11.5 Å². The van der Waals surface area contributed by atoms with E-state index >= 15 is 0 Å². The van der Waals surface area contributed by atoms with Crippen molar-refractivity contribution in [1.29, 1.82) is 0 Å². The van der Waals surface area contributed by atoms with E-state index in [1.165, 1.54) is 24.3 Å². The summed E-state index contributed by atoms with van der Waals surface area (Å²) in [5.41, 5.74) is 7.25. The van der Waals surface area contributed by atoms with E-state index in [1.807, 2.05) is 0 Å². The van der Waals surface area contributed by atoms with Crippen LogP contribution in [0.2, 0.25) is 0 Å². The van der Waals surface area contributed by atoms with E-state index in [9.17, 15) is 13.9 Å². The second-order valence-corrected chi connectivity index (χ2v) is 4.87. The molecule has 0 radical (unpaired) electrons. The van der Waals surface area contributed by atoms with Gasteiger partial charge in [-0.25, -0.2) is 8.78 Å². The van der Waals surface area contributed by atoms with Crippen LogP contribution in [-0.4, -0.2) is 5.11 Å². The Morgan fingerprint density at radius 3 is 2.65 bits per heavy atom. The van der Waals surface area contributed by atoms with E-state index < -0.39 is 17.7 Å². The number of hydrogen-bond acceptors (Lipinski definition) is 3. The predicted octanol–water partition coefficient (Wildman–Crippen LogP) is 3.19. The molecule has 0 saturated carbocycles. The van der Waals surface area contributed by atoms with Gasteiger partial charge in [0, 0.05) is 30.2 Å². The second kappa shape index (κ2) is 4.76. The first-order valence-electron chi connectivity index (χ1n) is 6.24. The van der Waals surface area contributed by atoms with E-state index in [4.69, 9.17) is 10.5 Å². The van der Waals surface area contributed by atoms with Crippen LogP contribution in [0.4, 0.5) is 8.78 Å². The molecule has 0 spiro atoms. The summed E-state index contributed by atoms with van der Waals surface area (Å²) in [6, 6.07) is 7.58. The van der Waals surface area contributed by atoms with Crippen LogP contribution in [0.3, 0.4) is 0 Å². The largest absolute Gasteiger partial charge is 0.508 e. The maximum Gasteiger partial charge on any atom is 0.127 e. The summed E-state index contributed by atoms with van der Waals surface area (Å²) in [7, 11) is 0. The fraction of sp³-hybridized carbons (Fsp3) is 0.200. The van der Waals surface area contributed by atoms with E-state index in [0.29, 0.717) is 17.7 Å². The van der Waals surface area contributed by atoms with Crippen molar-refractivity contribution in [1.82, 2.24) is 0 Å². The predicted molar refractivity (Wildman–Crippen MR) is 69.4 cm³/mol. The van der Waals surface area contributed by atoms with Crippen molar-refractivity contribution in [3.05, 3.63) is 59.2 Å². The maximum absolute atomic E-state index is 13.3. The van der Waals surface area contributed by atoms with Gasteiger partial charge in [0.15, 0.2) is 0 Å². The lowest BCUT2D eigenvalue weighted by Crippen LogP contribution is -2.24. The molecule has 2 unspecified atom stereocenters. The summed E-state index contributed by atoms with van der Waals surface area (Å²) >= 11 is 0. The fourth-order valence-corrected chi connectivity index (χ4v) is 2.46. The van der Waals surface area contributed by atoms with E-state index in [0.717, 1.165) is 11.6 Å². The second-order valence-electron chi connectivity index (χ2n) is 4.87. The first-order chi connectivity index (χ1) is 9.52. The van der Waals surface area contributed by atoms with Crippen LogP contribution < -0.4 is 10.5 Å². The molecule has 1 aliphatic heterocycles. The molecular weight excluding hydrogens is 264 g/mol. The molecule has 3 N–H and O–H groups in total. The Hall–Kier alpha value is -2.14. The number of aromatic hydroxyl groups is 1. The summed E-state index contributed by atoms with van der Waals surface area (Å²) in [5, 5.41) is 9.44. The van der Waals surface area contributed by atoms with Gasteiger partial charge in [-0.05, 0) is 23.8 Å². The van der Waals surface area contributed by atoms with Gasteiger partial charge in [0.2, 0.25) is 0 Å². The number of phenolic OH excluding ortho intramolecular Hbond substituents is 1. The zero-order valence-corrected chi connectivity index (χ0v) is 10.5. The van der Waals surface area contributed by atoms with Crippen molar-refractivity contribution >= 4 is 0 Å². The Bertz CT molecular complexity index is 640. The van der Waals surface area contributed by atoms with Crippen molar-refractivity contribution in [2.45, 2.75) is 18.6 Å². The highest BCUT2D eigenvalue weighted by atomic mass is 19.1. The Kier molecular flexibility index (Phi) is 3.06. The minimum atomic E-state index is -0.554. The SMILES string of the molecule is NC1CC(c2cc(O)cc(F)c2)Oc2cc(F)ccc21. The highest BCUT2D eigenvalue weighted by Gasteiger charge is 2.28. The quantitative estimate of drug-likeness (QED) is 0.841. The van der Waals surface area contributed by atoms with Crippen molar-refractivity contribution < 1.29 is 18.6 Å². The Morgan fingerprint density at radius 1 is 1.10 bits per heavy atom. The van der Waals surface area contributed by atoms with Crippen LogP contribution in [0.1, 0.15) is 29.7 Å². The van der Waals surface area contributed by atoms with Gasteiger partial charge in [0.1, 0.15) is 29.2 Å². The van der Waals surface area contributed by atoms with Gasteiger partial charge in [0.25, 0.3) is 0 Å². The van der Waals surface area contributed by atoms with Gasteiger partial charge in [-0.1, -0.05) is 6.07 Å². The minimum Gasteiger partial charge on any atom is -0.508 e. The third kappa shape index (κ3) is 2.32. The number of phenols is 1. The van der Waals surface area contributed by atoms with Crippen LogP contribution >= 0.6 is 0 Å². The molecule has 2 aromatic carbocycles. The summed E-state index contributed by atoms with van der Waals surface area (Å²) in [6.45, 7) is 0. The molecule has 3 rings (SSSR count). The van der Waals surface area contributed by atoms with Crippen molar-refractivity contribution in [2.24, 2.45) is 5.73 Å². The summed E-state index contributed by atoms with van der Waals surface area (Å²) in [4.78, 5) is 0. The first-order valence-corrected chi connectivity index (χ1v) is 6.24. The molecular formula is C15H13F2NO2. The minimum absolute atomic E-state index is 0.179. The number of nitrogens with two attached hydrogens (primary N) is 1. The van der Waals surface area contributed by atoms with Crippen molar-refractivity contribution in [3.63, 3.8) is 0 Å². The van der Waals surface area contributed by atoms with Crippen LogP contribution in [0, 0.1) is 11.6 Å². The van der Waals surface area contributed by atoms with Crippen LogP contribution in [-0.2, 0) is 0 Å². The number of rotatable bonds is 1. The number of ether oxygens (including phenoxy) is 1. The smallest absolute Gasteiger partial charge is 0.127 e. The molecule has 2 aromatic rings. The fourth-order valence-electron chi connectivity index (χ4n) is 2.46. The molecule has 0 fully saturated rings. The molecule has 0 aliphatic carbocycles. The van der Waals surface area contributed by atoms with Gasteiger partial charge in [-0.3, -0.25) is 0 Å². The number of fused-ring (bicyclic) bond motifs is 1. The Labute approximate surface area is 114 Å². The zero-order valence-electron chi connectivity index (χ0n) is 10.5. The average Bonchev–Trinajstić information content (AvgIpc) is 2.36. The third-order valence-electron chi connectivity index (χ3n) is 3.39. The first kappa shape index (κ1) is 12.9. The van der Waals surface area contributed by atoms with Gasteiger partial charge in [-0.15, -0.1) is 0 Å². The van der Waals surface area contributed by atoms with Crippen LogP contribution in [0.25, 0.3) is 0 Å². The topological polar surface area (TPSA) is 55.5 Å². The molecule has 0 bridgehead atoms. The summed E-state index contributed by atoms with van der Waals surface area (Å²) in [5.74, 6) is -0.791. The molecule has 0 amide bonds. The molecule has 1 aliphatic rings. The highest BCUT2D eigenvalue weighted by molar-refractivity contribution is 5.40. The van der Waals surface area contributed by atoms with Gasteiger partial charge in [-0.2, -0.15) is 0 Å². The normalized spacial score (nSPS) is 21.1. The number of hydrogen-bond donors (Lipinski definition) is 2. The molecule has 5 heteroatoms. The van der Waals surface area contributed by atoms with E-state index in [1.54, 1.807) is 6.07 Å². The summed E-state index contributed by atoms with van der Waals surface area (Å²) < 4.78 is 32.3. The lowest BCUT2D eigenvalue weighted by molar-refractivity contribution is 0.160. The van der Waals surface area contributed by atoms with Gasteiger partial charge >= 0.3 is 0 Å². The monoisotopic (exact) mass is 277 g/mol. The molecule has 2 atom stereocenters. The molecule has 0 saturated heterocycles. The third-order valence-corrected chi connectivity index (χ3v) is 3.39. The van der Waals surface area contributed by atoms with Gasteiger partial charge < -0.3 is 15.6 Å². The highest BCUT2D eigenvalue weighted by Crippen LogP contribution is 2.40. The molecule has 3 nitrogen and oxygen atoms in total. The lowest BCUT2D eigenvalue weighted by atomic mass is 9.93. The van der Waals surface area contributed by atoms with E-state index in [-0.39, 0.29) is 11.8 Å². The van der Waals surface area contributed by atoms with Gasteiger partial charge in [0.05, 0.1) is 0 Å². The number of halogens is 2.